The maximum Gasteiger partial charge on any atom is 0.0261 e. The van der Waals surface area contributed by atoms with Crippen LogP contribution in [-0.2, 0) is 0 Å². The summed E-state index contributed by atoms with van der Waals surface area (Å²) in [4.78, 5) is 2.53. The molecule has 0 unspecified atom stereocenters. The van der Waals surface area contributed by atoms with Gasteiger partial charge in [0.2, 0.25) is 0 Å². The van der Waals surface area contributed by atoms with Gasteiger partial charge >= 0.3 is 0 Å². The highest BCUT2D eigenvalue weighted by atomic mass is 15.2. The van der Waals surface area contributed by atoms with Crippen LogP contribution in [-0.4, -0.2) is 50.7 Å². The number of piperazine rings is 1. The van der Waals surface area contributed by atoms with Gasteiger partial charge in [-0.3, -0.25) is 0 Å². The molecule has 0 aromatic carbocycles. The van der Waals surface area contributed by atoms with Crippen LogP contribution in [0.15, 0.2) is 0 Å². The van der Waals surface area contributed by atoms with Gasteiger partial charge in [-0.1, -0.05) is 6.92 Å². The molecular formula is C11H24N3. The summed E-state index contributed by atoms with van der Waals surface area (Å²) < 4.78 is 0. The van der Waals surface area contributed by atoms with Gasteiger partial charge in [0.1, 0.15) is 0 Å². The second-order valence-corrected chi connectivity index (χ2v) is 3.97. The molecule has 0 spiro atoms. The molecular weight excluding hydrogens is 174 g/mol. The predicted octanol–water partition coefficient (Wildman–Crippen LogP) is 0.686. The molecule has 3 heteroatoms. The Morgan fingerprint density at radius 1 is 1.14 bits per heavy atom. The first-order valence-electron chi connectivity index (χ1n) is 6.00. The molecule has 14 heavy (non-hydrogen) atoms. The lowest BCUT2D eigenvalue weighted by Crippen LogP contribution is -2.40. The monoisotopic (exact) mass is 198 g/mol. The van der Waals surface area contributed by atoms with Gasteiger partial charge in [0.25, 0.3) is 0 Å². The van der Waals surface area contributed by atoms with Crippen molar-refractivity contribution in [2.45, 2.75) is 26.2 Å². The minimum absolute atomic E-state index is 1.05. The SMILES string of the molecule is CCCNCCCCN1CC[N]CC1. The Kier molecular flexibility index (Phi) is 7.01. The molecule has 0 aliphatic carbocycles. The fourth-order valence-corrected chi connectivity index (χ4v) is 1.76. The first-order valence-corrected chi connectivity index (χ1v) is 6.00. The quantitative estimate of drug-likeness (QED) is 0.610. The van der Waals surface area contributed by atoms with Crippen molar-refractivity contribution >= 4 is 0 Å². The molecule has 3 nitrogen and oxygen atoms in total. The van der Waals surface area contributed by atoms with Crippen molar-refractivity contribution in [1.82, 2.24) is 15.5 Å². The van der Waals surface area contributed by atoms with Gasteiger partial charge in [-0.2, -0.15) is 0 Å². The second kappa shape index (κ2) is 8.21. The summed E-state index contributed by atoms with van der Waals surface area (Å²) in [5, 5.41) is 7.78. The van der Waals surface area contributed by atoms with Gasteiger partial charge in [-0.15, -0.1) is 0 Å². The lowest BCUT2D eigenvalue weighted by Gasteiger charge is -2.26. The highest BCUT2D eigenvalue weighted by molar-refractivity contribution is 4.66. The molecule has 1 radical (unpaired) electrons. The Hall–Kier alpha value is -0.120. The average molecular weight is 198 g/mol. The molecule has 83 valence electrons. The number of nitrogens with one attached hydrogen (secondary N) is 1. The van der Waals surface area contributed by atoms with E-state index in [4.69, 9.17) is 0 Å². The fourth-order valence-electron chi connectivity index (χ4n) is 1.76. The van der Waals surface area contributed by atoms with Crippen LogP contribution < -0.4 is 10.6 Å². The Balaban J connectivity index is 1.82. The molecule has 1 aliphatic heterocycles. The van der Waals surface area contributed by atoms with Gasteiger partial charge in [0.15, 0.2) is 0 Å². The van der Waals surface area contributed by atoms with Crippen molar-refractivity contribution in [3.8, 4) is 0 Å². The van der Waals surface area contributed by atoms with Crippen LogP contribution in [0.4, 0.5) is 0 Å². The van der Waals surface area contributed by atoms with E-state index in [2.05, 4.69) is 22.5 Å². The van der Waals surface area contributed by atoms with Crippen LogP contribution in [0.5, 0.6) is 0 Å². The first-order chi connectivity index (χ1) is 6.93. The number of rotatable bonds is 7. The topological polar surface area (TPSA) is 29.4 Å². The van der Waals surface area contributed by atoms with Crippen LogP contribution in [0.3, 0.4) is 0 Å². The van der Waals surface area contributed by atoms with Gasteiger partial charge in [-0.25, -0.2) is 5.32 Å². The van der Waals surface area contributed by atoms with E-state index in [9.17, 15) is 0 Å². The minimum atomic E-state index is 1.05. The zero-order valence-electron chi connectivity index (χ0n) is 9.47. The van der Waals surface area contributed by atoms with Crippen LogP contribution in [0.2, 0.25) is 0 Å². The van der Waals surface area contributed by atoms with Crippen LogP contribution in [0.25, 0.3) is 0 Å². The van der Waals surface area contributed by atoms with Gasteiger partial charge in [0.05, 0.1) is 0 Å². The molecule has 0 bridgehead atoms. The second-order valence-electron chi connectivity index (χ2n) is 3.97. The van der Waals surface area contributed by atoms with Crippen molar-refractivity contribution in [3.05, 3.63) is 0 Å². The summed E-state index contributed by atoms with van der Waals surface area (Å²) in [5.74, 6) is 0. The highest BCUT2D eigenvalue weighted by Crippen LogP contribution is 1.97. The minimum Gasteiger partial charge on any atom is -0.317 e. The normalized spacial score (nSPS) is 18.6. The molecule has 0 saturated carbocycles. The van der Waals surface area contributed by atoms with E-state index in [-0.39, 0.29) is 0 Å². The Labute approximate surface area is 88.2 Å². The van der Waals surface area contributed by atoms with E-state index in [0.29, 0.717) is 0 Å². The Morgan fingerprint density at radius 3 is 2.64 bits per heavy atom. The molecule has 0 amide bonds. The van der Waals surface area contributed by atoms with Gasteiger partial charge in [-0.05, 0) is 38.9 Å². The fraction of sp³-hybridized carbons (Fsp3) is 1.00. The maximum atomic E-state index is 4.34. The van der Waals surface area contributed by atoms with Crippen molar-refractivity contribution in [2.24, 2.45) is 0 Å². The largest absolute Gasteiger partial charge is 0.317 e. The third-order valence-corrected chi connectivity index (χ3v) is 2.65. The van der Waals surface area contributed by atoms with Crippen molar-refractivity contribution in [3.63, 3.8) is 0 Å². The third kappa shape index (κ3) is 5.58. The lowest BCUT2D eigenvalue weighted by atomic mass is 10.2. The number of hydrogen-bond acceptors (Lipinski definition) is 2. The standard InChI is InChI=1S/C11H24N3/c1-2-5-12-6-3-4-9-14-10-7-13-8-11-14/h12H,2-11H2,1H3. The van der Waals surface area contributed by atoms with E-state index in [1.807, 2.05) is 0 Å². The number of unbranched alkanes of at least 4 members (excludes halogenated alkanes) is 1. The summed E-state index contributed by atoms with van der Waals surface area (Å²) in [6, 6.07) is 0. The van der Waals surface area contributed by atoms with E-state index in [1.54, 1.807) is 0 Å². The summed E-state index contributed by atoms with van der Waals surface area (Å²) in [6.07, 6.45) is 3.89. The van der Waals surface area contributed by atoms with Crippen LogP contribution >= 0.6 is 0 Å². The molecule has 1 aliphatic rings. The molecule has 0 aromatic heterocycles. The highest BCUT2D eigenvalue weighted by Gasteiger charge is 2.08. The maximum absolute atomic E-state index is 4.34. The zero-order valence-corrected chi connectivity index (χ0v) is 9.47. The van der Waals surface area contributed by atoms with Crippen molar-refractivity contribution in [2.75, 3.05) is 45.8 Å². The van der Waals surface area contributed by atoms with Gasteiger partial charge in [0, 0.05) is 26.2 Å². The zero-order chi connectivity index (χ0) is 10.1. The van der Waals surface area contributed by atoms with E-state index < -0.39 is 0 Å². The average Bonchev–Trinajstić information content (AvgIpc) is 2.25. The van der Waals surface area contributed by atoms with Crippen LogP contribution in [0.1, 0.15) is 26.2 Å². The predicted molar refractivity (Wildman–Crippen MR) is 60.7 cm³/mol. The van der Waals surface area contributed by atoms with Gasteiger partial charge < -0.3 is 10.2 Å². The van der Waals surface area contributed by atoms with Crippen molar-refractivity contribution in [1.29, 1.82) is 0 Å². The number of nitrogens with zero attached hydrogens (tertiary/aromatic N) is 2. The summed E-state index contributed by atoms with van der Waals surface area (Å²) in [7, 11) is 0. The third-order valence-electron chi connectivity index (χ3n) is 2.65. The van der Waals surface area contributed by atoms with Crippen molar-refractivity contribution < 1.29 is 0 Å². The molecule has 1 saturated heterocycles. The molecule has 1 N–H and O–H groups in total. The summed E-state index contributed by atoms with van der Waals surface area (Å²) >= 11 is 0. The molecule has 1 fully saturated rings. The Morgan fingerprint density at radius 2 is 1.93 bits per heavy atom. The van der Waals surface area contributed by atoms with E-state index in [1.165, 1.54) is 52.0 Å². The van der Waals surface area contributed by atoms with E-state index in [0.717, 1.165) is 13.1 Å². The van der Waals surface area contributed by atoms with Crippen LogP contribution in [0, 0.1) is 0 Å². The molecule has 0 aromatic rings. The smallest absolute Gasteiger partial charge is 0.0261 e. The molecule has 1 heterocycles. The molecule has 0 atom stereocenters. The first kappa shape index (κ1) is 12.0. The van der Waals surface area contributed by atoms with E-state index >= 15 is 0 Å². The Bertz CT molecular complexity index is 122. The summed E-state index contributed by atoms with van der Waals surface area (Å²) in [5.41, 5.74) is 0. The summed E-state index contributed by atoms with van der Waals surface area (Å²) in [6.45, 7) is 10.3. The number of hydrogen-bond donors (Lipinski definition) is 1. The lowest BCUT2D eigenvalue weighted by molar-refractivity contribution is 0.234. The molecule has 1 rings (SSSR count).